The third-order valence-corrected chi connectivity index (χ3v) is 0.824. The molecule has 1 N–H and O–H groups in total. The number of carboxylic acids is 1. The van der Waals surface area contributed by atoms with E-state index in [2.05, 4.69) is 0 Å². The molecule has 10 heavy (non-hydrogen) atoms. The van der Waals surface area contributed by atoms with Gasteiger partial charge in [0.1, 0.15) is 5.57 Å². The van der Waals surface area contributed by atoms with Crippen LogP contribution in [0, 0.1) is 0 Å². The van der Waals surface area contributed by atoms with Crippen molar-refractivity contribution in [2.75, 3.05) is 0 Å². The van der Waals surface area contributed by atoms with E-state index in [0.29, 0.717) is 6.08 Å². The molecule has 0 heterocycles. The zero-order chi connectivity index (χ0) is 8.36. The second kappa shape index (κ2) is 2.72. The van der Waals surface area contributed by atoms with E-state index < -0.39 is 17.7 Å². The molecule has 5 heteroatoms. The maximum atomic E-state index is 11.5. The van der Waals surface area contributed by atoms with Crippen molar-refractivity contribution in [1.82, 2.24) is 0 Å². The summed E-state index contributed by atoms with van der Waals surface area (Å²) in [6.07, 6.45) is -4.23. The van der Waals surface area contributed by atoms with Gasteiger partial charge in [-0.15, -0.1) is 0 Å². The van der Waals surface area contributed by atoms with Crippen LogP contribution in [0.4, 0.5) is 13.2 Å². The normalized spacial score (nSPS) is 13.4. The van der Waals surface area contributed by atoms with Crippen LogP contribution in [0.15, 0.2) is 11.6 Å². The van der Waals surface area contributed by atoms with Gasteiger partial charge in [0.25, 0.3) is 0 Å². The molecule has 0 aliphatic heterocycles. The minimum absolute atomic E-state index is 0.516. The molecule has 0 aliphatic rings. The van der Waals surface area contributed by atoms with Crippen molar-refractivity contribution >= 4 is 5.97 Å². The predicted octanol–water partition coefficient (Wildman–Crippen LogP) is 1.58. The Kier molecular flexibility index (Phi) is 2.45. The Bertz CT molecular complexity index is 168. The van der Waals surface area contributed by atoms with Crippen LogP contribution in [0.1, 0.15) is 6.92 Å². The van der Waals surface area contributed by atoms with Crippen LogP contribution in [0.2, 0.25) is 0 Å². The molecule has 0 fully saturated rings. The maximum Gasteiger partial charge on any atom is 0.423 e. The number of aliphatic carboxylic acids is 1. The Morgan fingerprint density at radius 1 is 1.50 bits per heavy atom. The van der Waals surface area contributed by atoms with Gasteiger partial charge in [-0.3, -0.25) is 0 Å². The van der Waals surface area contributed by atoms with E-state index >= 15 is 0 Å². The van der Waals surface area contributed by atoms with Gasteiger partial charge >= 0.3 is 12.1 Å². The van der Waals surface area contributed by atoms with E-state index in [1.807, 2.05) is 0 Å². The molecule has 0 aromatic heterocycles. The third kappa shape index (κ3) is 2.08. The van der Waals surface area contributed by atoms with Gasteiger partial charge in [-0.25, -0.2) is 4.79 Å². The summed E-state index contributed by atoms with van der Waals surface area (Å²) in [5, 5.41) is 7.92. The number of allylic oxidation sites excluding steroid dienone is 1. The smallest absolute Gasteiger partial charge is 0.423 e. The van der Waals surface area contributed by atoms with Crippen LogP contribution in [-0.2, 0) is 4.79 Å². The van der Waals surface area contributed by atoms with Crippen LogP contribution in [0.3, 0.4) is 0 Å². The number of alkyl halides is 3. The first-order valence-corrected chi connectivity index (χ1v) is 2.36. The first-order valence-electron chi connectivity index (χ1n) is 2.36. The molecule has 0 aliphatic carbocycles. The zero-order valence-corrected chi connectivity index (χ0v) is 5.07. The summed E-state index contributed by atoms with van der Waals surface area (Å²) in [5.74, 6) is -1.95. The molecular weight excluding hydrogens is 149 g/mol. The summed E-state index contributed by atoms with van der Waals surface area (Å²) in [7, 11) is 0. The van der Waals surface area contributed by atoms with Gasteiger partial charge < -0.3 is 5.11 Å². The van der Waals surface area contributed by atoms with Crippen molar-refractivity contribution in [3.8, 4) is 0 Å². The molecule has 0 spiro atoms. The second-order valence-corrected chi connectivity index (χ2v) is 1.51. The highest BCUT2D eigenvalue weighted by molar-refractivity contribution is 5.87. The highest BCUT2D eigenvalue weighted by Crippen LogP contribution is 2.25. The zero-order valence-electron chi connectivity index (χ0n) is 5.07. The SMILES string of the molecule is C/C=C(\C(=O)O)C(F)(F)F. The Labute approximate surface area is 55.0 Å². The van der Waals surface area contributed by atoms with Gasteiger partial charge in [-0.2, -0.15) is 13.2 Å². The lowest BCUT2D eigenvalue weighted by molar-refractivity contribution is -0.144. The summed E-state index contributed by atoms with van der Waals surface area (Å²) in [4.78, 5) is 9.79. The average Bonchev–Trinajstić information content (AvgIpc) is 1.60. The predicted molar refractivity (Wildman–Crippen MR) is 27.4 cm³/mol. The second-order valence-electron chi connectivity index (χ2n) is 1.51. The topological polar surface area (TPSA) is 37.3 Å². The van der Waals surface area contributed by atoms with E-state index in [-0.39, 0.29) is 0 Å². The maximum absolute atomic E-state index is 11.5. The number of carbonyl (C=O) groups is 1. The molecule has 0 aromatic carbocycles. The Hall–Kier alpha value is -1.00. The average molecular weight is 154 g/mol. The van der Waals surface area contributed by atoms with Crippen LogP contribution in [-0.4, -0.2) is 17.3 Å². The molecule has 0 bridgehead atoms. The van der Waals surface area contributed by atoms with Crippen molar-refractivity contribution in [3.05, 3.63) is 11.6 Å². The molecule has 0 rings (SSSR count). The molecule has 0 radical (unpaired) electrons. The lowest BCUT2D eigenvalue weighted by Gasteiger charge is -2.04. The summed E-state index contributed by atoms with van der Waals surface area (Å²) in [5.41, 5.74) is -1.53. The Balaban J connectivity index is 4.56. The highest BCUT2D eigenvalue weighted by atomic mass is 19.4. The molecular formula is C5H5F3O2. The summed E-state index contributed by atoms with van der Waals surface area (Å²) in [6.45, 7) is 1.02. The van der Waals surface area contributed by atoms with Gasteiger partial charge in [0.15, 0.2) is 0 Å². The Morgan fingerprint density at radius 3 is 1.90 bits per heavy atom. The summed E-state index contributed by atoms with van der Waals surface area (Å²) < 4.78 is 34.6. The summed E-state index contributed by atoms with van der Waals surface area (Å²) in [6, 6.07) is 0. The van der Waals surface area contributed by atoms with Crippen LogP contribution in [0.25, 0.3) is 0 Å². The van der Waals surface area contributed by atoms with E-state index in [4.69, 9.17) is 5.11 Å². The number of rotatable bonds is 1. The van der Waals surface area contributed by atoms with Crippen molar-refractivity contribution in [1.29, 1.82) is 0 Å². The van der Waals surface area contributed by atoms with Gasteiger partial charge in [0.2, 0.25) is 0 Å². The van der Waals surface area contributed by atoms with Crippen LogP contribution in [0.5, 0.6) is 0 Å². The highest BCUT2D eigenvalue weighted by Gasteiger charge is 2.37. The first kappa shape index (κ1) is 9.00. The molecule has 0 saturated heterocycles. The lowest BCUT2D eigenvalue weighted by atomic mass is 10.2. The fourth-order valence-corrected chi connectivity index (χ4v) is 0.408. The third-order valence-electron chi connectivity index (χ3n) is 0.824. The Morgan fingerprint density at radius 2 is 1.90 bits per heavy atom. The minimum atomic E-state index is -4.75. The lowest BCUT2D eigenvalue weighted by Crippen LogP contribution is -2.19. The number of carboxylic acid groups (broad SMARTS) is 1. The summed E-state index contributed by atoms with van der Waals surface area (Å²) >= 11 is 0. The fourth-order valence-electron chi connectivity index (χ4n) is 0.408. The molecule has 0 amide bonds. The van der Waals surface area contributed by atoms with Gasteiger partial charge in [0, 0.05) is 0 Å². The molecule has 0 saturated carbocycles. The van der Waals surface area contributed by atoms with E-state index in [1.54, 1.807) is 0 Å². The van der Waals surface area contributed by atoms with Crippen molar-refractivity contribution in [3.63, 3.8) is 0 Å². The van der Waals surface area contributed by atoms with Gasteiger partial charge in [-0.05, 0) is 6.92 Å². The van der Waals surface area contributed by atoms with E-state index in [0.717, 1.165) is 6.92 Å². The molecule has 0 atom stereocenters. The van der Waals surface area contributed by atoms with Gasteiger partial charge in [0.05, 0.1) is 0 Å². The molecule has 0 unspecified atom stereocenters. The molecule has 58 valence electrons. The number of hydrogen-bond acceptors (Lipinski definition) is 1. The van der Waals surface area contributed by atoms with Crippen molar-refractivity contribution in [2.24, 2.45) is 0 Å². The first-order chi connectivity index (χ1) is 4.39. The van der Waals surface area contributed by atoms with E-state index in [1.165, 1.54) is 0 Å². The molecule has 0 aromatic rings. The van der Waals surface area contributed by atoms with Crippen LogP contribution >= 0.6 is 0 Å². The number of hydrogen-bond donors (Lipinski definition) is 1. The number of halogens is 3. The van der Waals surface area contributed by atoms with Gasteiger partial charge in [-0.1, -0.05) is 6.08 Å². The quantitative estimate of drug-likeness (QED) is 0.582. The van der Waals surface area contributed by atoms with E-state index in [9.17, 15) is 18.0 Å². The standard InChI is InChI=1S/C5H5F3O2/c1-2-3(4(9)10)5(6,7)8/h2H,1H3,(H,9,10)/b3-2+. The molecule has 2 nitrogen and oxygen atoms in total. The van der Waals surface area contributed by atoms with Crippen LogP contribution < -0.4 is 0 Å². The van der Waals surface area contributed by atoms with Crippen molar-refractivity contribution in [2.45, 2.75) is 13.1 Å². The monoisotopic (exact) mass is 154 g/mol. The largest absolute Gasteiger partial charge is 0.478 e. The fraction of sp³-hybridized carbons (Fsp3) is 0.400. The minimum Gasteiger partial charge on any atom is -0.478 e. The van der Waals surface area contributed by atoms with Crippen molar-refractivity contribution < 1.29 is 23.1 Å².